The number of rotatable bonds is 10. The second-order valence-electron chi connectivity index (χ2n) is 4.58. The van der Waals surface area contributed by atoms with Gasteiger partial charge in [0.1, 0.15) is 0 Å². The Morgan fingerprint density at radius 3 is 2.47 bits per heavy atom. The van der Waals surface area contributed by atoms with Crippen LogP contribution >= 0.6 is 0 Å². The monoisotopic (exact) mass is 246 g/mol. The van der Waals surface area contributed by atoms with Gasteiger partial charge in [-0.15, -0.1) is 0 Å². The lowest BCUT2D eigenvalue weighted by Gasteiger charge is -2.25. The van der Waals surface area contributed by atoms with Crippen molar-refractivity contribution in [3.8, 4) is 0 Å². The van der Waals surface area contributed by atoms with Crippen molar-refractivity contribution in [3.05, 3.63) is 0 Å². The van der Waals surface area contributed by atoms with Crippen LogP contribution in [0.1, 0.15) is 33.6 Å². The Morgan fingerprint density at radius 1 is 1.35 bits per heavy atom. The Hall–Kier alpha value is -0.650. The molecule has 0 spiro atoms. The second-order valence-corrected chi connectivity index (χ2v) is 4.58. The van der Waals surface area contributed by atoms with E-state index in [1.165, 1.54) is 0 Å². The molecule has 5 heteroatoms. The van der Waals surface area contributed by atoms with E-state index in [2.05, 4.69) is 5.32 Å². The van der Waals surface area contributed by atoms with Gasteiger partial charge in [-0.25, -0.2) is 0 Å². The topological polar surface area (TPSA) is 73.6 Å². The van der Waals surface area contributed by atoms with Gasteiger partial charge in [-0.2, -0.15) is 0 Å². The number of carbonyl (C=O) groups excluding carboxylic acids is 1. The maximum atomic E-state index is 11.2. The molecule has 0 bridgehead atoms. The highest BCUT2D eigenvalue weighted by atomic mass is 16.5. The second kappa shape index (κ2) is 8.44. The summed E-state index contributed by atoms with van der Waals surface area (Å²) in [4.78, 5) is 11.2. The number of carbonyl (C=O) groups is 1. The Morgan fingerprint density at radius 2 is 2.00 bits per heavy atom. The number of nitrogens with one attached hydrogen (secondary N) is 1. The molecule has 0 saturated heterocycles. The number of hydrogen-bond donors (Lipinski definition) is 2. The fraction of sp³-hybridized carbons (Fsp3) is 0.917. The molecule has 0 rings (SSSR count). The third kappa shape index (κ3) is 7.31. The lowest BCUT2D eigenvalue weighted by atomic mass is 9.95. The molecule has 0 saturated carbocycles. The van der Waals surface area contributed by atoms with E-state index in [-0.39, 0.29) is 12.0 Å². The van der Waals surface area contributed by atoms with Crippen molar-refractivity contribution in [1.82, 2.24) is 5.32 Å². The van der Waals surface area contributed by atoms with Gasteiger partial charge in [0.2, 0.25) is 5.91 Å². The first-order valence-electron chi connectivity index (χ1n) is 6.10. The zero-order valence-corrected chi connectivity index (χ0v) is 11.4. The Kier molecular flexibility index (Phi) is 8.12. The van der Waals surface area contributed by atoms with Gasteiger partial charge in [0.05, 0.1) is 24.9 Å². The van der Waals surface area contributed by atoms with Crippen LogP contribution in [0.3, 0.4) is 0 Å². The molecule has 3 N–H and O–H groups in total. The molecule has 0 heterocycles. The van der Waals surface area contributed by atoms with Crippen molar-refractivity contribution in [2.24, 2.45) is 5.73 Å². The summed E-state index contributed by atoms with van der Waals surface area (Å²) in [7, 11) is 1.74. The minimum atomic E-state index is -0.641. The third-order valence-corrected chi connectivity index (χ3v) is 2.74. The Bertz CT molecular complexity index is 222. The summed E-state index contributed by atoms with van der Waals surface area (Å²) in [5.41, 5.74) is 4.67. The van der Waals surface area contributed by atoms with E-state index < -0.39 is 5.54 Å². The van der Waals surface area contributed by atoms with Gasteiger partial charge >= 0.3 is 0 Å². The van der Waals surface area contributed by atoms with Crippen molar-refractivity contribution in [3.63, 3.8) is 0 Å². The molecule has 0 aromatic heterocycles. The number of ether oxygens (including phenoxy) is 2. The van der Waals surface area contributed by atoms with Crippen LogP contribution in [0.2, 0.25) is 0 Å². The molecule has 1 unspecified atom stereocenters. The standard InChI is InChI=1S/C12H26N2O3/c1-10(2)17-9-8-16-7-5-6-12(3,14-4)11(13)15/h10,14H,5-9H2,1-4H3,(H2,13,15). The molecule has 0 aliphatic carbocycles. The van der Waals surface area contributed by atoms with Crippen LogP contribution in [0.5, 0.6) is 0 Å². The van der Waals surface area contributed by atoms with E-state index in [0.717, 1.165) is 6.42 Å². The smallest absolute Gasteiger partial charge is 0.237 e. The normalized spacial score (nSPS) is 14.9. The molecule has 5 nitrogen and oxygen atoms in total. The van der Waals surface area contributed by atoms with Crippen LogP contribution in [-0.4, -0.2) is 44.4 Å². The lowest BCUT2D eigenvalue weighted by molar-refractivity contribution is -0.124. The first kappa shape index (κ1) is 16.4. The first-order valence-corrected chi connectivity index (χ1v) is 6.10. The zero-order chi connectivity index (χ0) is 13.3. The Labute approximate surface area is 104 Å². The average molecular weight is 246 g/mol. The number of primary amides is 1. The summed E-state index contributed by atoms with van der Waals surface area (Å²) >= 11 is 0. The molecule has 102 valence electrons. The van der Waals surface area contributed by atoms with Crippen LogP contribution in [0.15, 0.2) is 0 Å². The molecule has 0 aliphatic rings. The van der Waals surface area contributed by atoms with Crippen LogP contribution in [0.4, 0.5) is 0 Å². The van der Waals surface area contributed by atoms with Gasteiger partial charge in [-0.1, -0.05) is 0 Å². The predicted octanol–water partition coefficient (Wildman–Crippen LogP) is 0.672. The van der Waals surface area contributed by atoms with Crippen molar-refractivity contribution in [2.45, 2.75) is 45.3 Å². The first-order chi connectivity index (χ1) is 7.92. The Balaban J connectivity index is 3.53. The molecule has 0 aliphatic heterocycles. The quantitative estimate of drug-likeness (QED) is 0.556. The molecular formula is C12H26N2O3. The van der Waals surface area contributed by atoms with Gasteiger partial charge in [0.25, 0.3) is 0 Å². The highest BCUT2D eigenvalue weighted by Crippen LogP contribution is 2.10. The molecule has 0 aromatic carbocycles. The minimum Gasteiger partial charge on any atom is -0.379 e. The van der Waals surface area contributed by atoms with Crippen molar-refractivity contribution >= 4 is 5.91 Å². The van der Waals surface area contributed by atoms with Gasteiger partial charge in [-0.3, -0.25) is 4.79 Å². The van der Waals surface area contributed by atoms with E-state index in [4.69, 9.17) is 15.2 Å². The number of amides is 1. The molecule has 1 atom stereocenters. The van der Waals surface area contributed by atoms with Gasteiger partial charge in [0, 0.05) is 6.61 Å². The summed E-state index contributed by atoms with van der Waals surface area (Å²) in [5.74, 6) is -0.330. The fourth-order valence-corrected chi connectivity index (χ4v) is 1.34. The van der Waals surface area contributed by atoms with Crippen LogP contribution < -0.4 is 11.1 Å². The maximum Gasteiger partial charge on any atom is 0.237 e. The molecule has 1 amide bonds. The predicted molar refractivity (Wildman–Crippen MR) is 67.8 cm³/mol. The molecule has 17 heavy (non-hydrogen) atoms. The minimum absolute atomic E-state index is 0.237. The van der Waals surface area contributed by atoms with Crippen molar-refractivity contribution < 1.29 is 14.3 Å². The highest BCUT2D eigenvalue weighted by molar-refractivity contribution is 5.84. The third-order valence-electron chi connectivity index (χ3n) is 2.74. The van der Waals surface area contributed by atoms with E-state index >= 15 is 0 Å². The SMILES string of the molecule is CNC(C)(CCCOCCOC(C)C)C(N)=O. The number of hydrogen-bond acceptors (Lipinski definition) is 4. The van der Waals surface area contributed by atoms with Gasteiger partial charge < -0.3 is 20.5 Å². The molecule has 0 radical (unpaired) electrons. The van der Waals surface area contributed by atoms with Gasteiger partial charge in [0.15, 0.2) is 0 Å². The highest BCUT2D eigenvalue weighted by Gasteiger charge is 2.27. The van der Waals surface area contributed by atoms with Crippen molar-refractivity contribution in [1.29, 1.82) is 0 Å². The number of likely N-dealkylation sites (N-methyl/N-ethyl adjacent to an activating group) is 1. The van der Waals surface area contributed by atoms with E-state index in [1.807, 2.05) is 13.8 Å². The average Bonchev–Trinajstić information content (AvgIpc) is 2.26. The lowest BCUT2D eigenvalue weighted by Crippen LogP contribution is -2.51. The largest absolute Gasteiger partial charge is 0.379 e. The van der Waals surface area contributed by atoms with Crippen LogP contribution in [0.25, 0.3) is 0 Å². The van der Waals surface area contributed by atoms with Crippen LogP contribution in [-0.2, 0) is 14.3 Å². The van der Waals surface area contributed by atoms with E-state index in [0.29, 0.717) is 26.2 Å². The summed E-state index contributed by atoms with van der Waals surface area (Å²) in [6, 6.07) is 0. The summed E-state index contributed by atoms with van der Waals surface area (Å²) < 4.78 is 10.7. The zero-order valence-electron chi connectivity index (χ0n) is 11.4. The molecular weight excluding hydrogens is 220 g/mol. The van der Waals surface area contributed by atoms with Crippen LogP contribution in [0, 0.1) is 0 Å². The summed E-state index contributed by atoms with van der Waals surface area (Å²) in [6.07, 6.45) is 1.70. The molecule has 0 fully saturated rings. The van der Waals surface area contributed by atoms with Gasteiger partial charge in [-0.05, 0) is 40.7 Å². The van der Waals surface area contributed by atoms with E-state index in [9.17, 15) is 4.79 Å². The molecule has 0 aromatic rings. The number of nitrogens with two attached hydrogens (primary N) is 1. The van der Waals surface area contributed by atoms with E-state index in [1.54, 1.807) is 14.0 Å². The fourth-order valence-electron chi connectivity index (χ4n) is 1.34. The van der Waals surface area contributed by atoms with Crippen molar-refractivity contribution in [2.75, 3.05) is 26.9 Å². The maximum absolute atomic E-state index is 11.2. The summed E-state index contributed by atoms with van der Waals surface area (Å²) in [5, 5.41) is 2.94. The summed E-state index contributed by atoms with van der Waals surface area (Å²) in [6.45, 7) is 7.60.